The number of hydrogen-bond donors (Lipinski definition) is 1. The summed E-state index contributed by atoms with van der Waals surface area (Å²) in [6, 6.07) is 7.52. The molecule has 1 heterocycles. The maximum absolute atomic E-state index is 12.9. The van der Waals surface area contributed by atoms with Crippen LogP contribution in [0.5, 0.6) is 5.75 Å². The minimum absolute atomic E-state index is 0.0147. The molecule has 1 aromatic rings. The van der Waals surface area contributed by atoms with Crippen LogP contribution in [0.25, 0.3) is 0 Å². The zero-order chi connectivity index (χ0) is 16.3. The zero-order valence-corrected chi connectivity index (χ0v) is 13.3. The number of rotatable bonds is 4. The average molecular weight is 305 g/mol. The number of piperidine rings is 1. The summed E-state index contributed by atoms with van der Waals surface area (Å²) in [5, 5.41) is 9.05. The van der Waals surface area contributed by atoms with Gasteiger partial charge in [-0.15, -0.1) is 0 Å². The number of carboxylic acids is 1. The molecule has 0 saturated carbocycles. The van der Waals surface area contributed by atoms with Crippen molar-refractivity contribution in [3.8, 4) is 5.75 Å². The first-order valence-corrected chi connectivity index (χ1v) is 7.53. The monoisotopic (exact) mass is 305 g/mol. The van der Waals surface area contributed by atoms with Crippen LogP contribution in [0.15, 0.2) is 24.3 Å². The molecular formula is C17H23NO4. The van der Waals surface area contributed by atoms with Gasteiger partial charge in [0, 0.05) is 18.7 Å². The van der Waals surface area contributed by atoms with E-state index in [0.717, 1.165) is 5.56 Å². The van der Waals surface area contributed by atoms with E-state index in [1.165, 1.54) is 0 Å². The third-order valence-corrected chi connectivity index (χ3v) is 4.45. The Morgan fingerprint density at radius 3 is 2.36 bits per heavy atom. The molecule has 1 saturated heterocycles. The van der Waals surface area contributed by atoms with Crippen LogP contribution in [0.1, 0.15) is 32.3 Å². The Hall–Kier alpha value is -2.04. The molecular weight excluding hydrogens is 282 g/mol. The van der Waals surface area contributed by atoms with Crippen LogP contribution in [-0.2, 0) is 15.0 Å². The van der Waals surface area contributed by atoms with E-state index >= 15 is 0 Å². The lowest BCUT2D eigenvalue weighted by Crippen LogP contribution is -2.47. The molecule has 5 nitrogen and oxygen atoms in total. The first-order chi connectivity index (χ1) is 10.4. The molecule has 1 aliphatic heterocycles. The normalized spacial score (nSPS) is 16.4. The molecule has 22 heavy (non-hydrogen) atoms. The zero-order valence-electron chi connectivity index (χ0n) is 13.3. The van der Waals surface area contributed by atoms with Crippen LogP contribution >= 0.6 is 0 Å². The fraction of sp³-hybridized carbons (Fsp3) is 0.529. The number of carboxylic acid groups (broad SMARTS) is 1. The number of likely N-dealkylation sites (tertiary alicyclic amines) is 1. The van der Waals surface area contributed by atoms with Gasteiger partial charge in [-0.2, -0.15) is 0 Å². The lowest BCUT2D eigenvalue weighted by Gasteiger charge is -2.36. The lowest BCUT2D eigenvalue weighted by atomic mass is 9.81. The highest BCUT2D eigenvalue weighted by molar-refractivity contribution is 5.88. The van der Waals surface area contributed by atoms with E-state index in [-0.39, 0.29) is 11.8 Å². The molecule has 1 amide bonds. The summed E-state index contributed by atoms with van der Waals surface area (Å²) >= 11 is 0. The number of carbonyl (C=O) groups is 2. The van der Waals surface area contributed by atoms with E-state index in [1.807, 2.05) is 38.1 Å². The molecule has 0 radical (unpaired) electrons. The van der Waals surface area contributed by atoms with Crippen molar-refractivity contribution >= 4 is 11.9 Å². The van der Waals surface area contributed by atoms with Crippen LogP contribution in [0, 0.1) is 5.92 Å². The van der Waals surface area contributed by atoms with Crippen LogP contribution < -0.4 is 4.74 Å². The fourth-order valence-corrected chi connectivity index (χ4v) is 3.00. The summed E-state index contributed by atoms with van der Waals surface area (Å²) in [6.45, 7) is 4.76. The molecule has 0 unspecified atom stereocenters. The molecule has 0 aliphatic carbocycles. The molecule has 5 heteroatoms. The van der Waals surface area contributed by atoms with E-state index in [2.05, 4.69) is 0 Å². The summed E-state index contributed by atoms with van der Waals surface area (Å²) in [4.78, 5) is 25.7. The van der Waals surface area contributed by atoms with Gasteiger partial charge in [0.1, 0.15) is 5.75 Å². The number of ether oxygens (including phenoxy) is 1. The first kappa shape index (κ1) is 16.3. The van der Waals surface area contributed by atoms with Crippen molar-refractivity contribution in [1.29, 1.82) is 0 Å². The quantitative estimate of drug-likeness (QED) is 0.927. The number of amides is 1. The van der Waals surface area contributed by atoms with Crippen LogP contribution in [0.2, 0.25) is 0 Å². The number of para-hydroxylation sites is 1. The second-order valence-corrected chi connectivity index (χ2v) is 6.23. The van der Waals surface area contributed by atoms with Crippen molar-refractivity contribution in [2.45, 2.75) is 32.1 Å². The molecule has 2 rings (SSSR count). The molecule has 0 spiro atoms. The van der Waals surface area contributed by atoms with Gasteiger partial charge in [0.05, 0.1) is 18.4 Å². The van der Waals surface area contributed by atoms with Gasteiger partial charge in [-0.3, -0.25) is 9.59 Å². The minimum Gasteiger partial charge on any atom is -0.496 e. The smallest absolute Gasteiger partial charge is 0.306 e. The highest BCUT2D eigenvalue weighted by Gasteiger charge is 2.38. The number of carbonyl (C=O) groups excluding carboxylic acids is 1. The molecule has 1 fully saturated rings. The van der Waals surface area contributed by atoms with Gasteiger partial charge < -0.3 is 14.7 Å². The summed E-state index contributed by atoms with van der Waals surface area (Å²) in [6.07, 6.45) is 1.03. The largest absolute Gasteiger partial charge is 0.496 e. The van der Waals surface area contributed by atoms with Crippen LogP contribution in [0.4, 0.5) is 0 Å². The number of benzene rings is 1. The summed E-state index contributed by atoms with van der Waals surface area (Å²) in [5.41, 5.74) is 0.144. The predicted molar refractivity (Wildman–Crippen MR) is 83.0 cm³/mol. The number of methoxy groups -OCH3 is 1. The SMILES string of the molecule is COc1ccccc1C(C)(C)C(=O)N1CCC(C(=O)O)CC1. The molecule has 1 N–H and O–H groups in total. The molecule has 1 aromatic carbocycles. The van der Waals surface area contributed by atoms with Crippen molar-refractivity contribution in [1.82, 2.24) is 4.90 Å². The summed E-state index contributed by atoms with van der Waals surface area (Å²) in [7, 11) is 1.59. The maximum atomic E-state index is 12.9. The highest BCUT2D eigenvalue weighted by atomic mass is 16.5. The average Bonchev–Trinajstić information content (AvgIpc) is 2.54. The number of aliphatic carboxylic acids is 1. The molecule has 0 atom stereocenters. The van der Waals surface area contributed by atoms with Crippen molar-refractivity contribution in [2.75, 3.05) is 20.2 Å². The van der Waals surface area contributed by atoms with E-state index in [0.29, 0.717) is 31.7 Å². The van der Waals surface area contributed by atoms with Gasteiger partial charge >= 0.3 is 5.97 Å². The van der Waals surface area contributed by atoms with Crippen molar-refractivity contribution < 1.29 is 19.4 Å². The van der Waals surface area contributed by atoms with Crippen molar-refractivity contribution in [3.63, 3.8) is 0 Å². The Morgan fingerprint density at radius 1 is 1.23 bits per heavy atom. The van der Waals surface area contributed by atoms with Crippen molar-refractivity contribution in [3.05, 3.63) is 29.8 Å². The molecule has 1 aliphatic rings. The topological polar surface area (TPSA) is 66.8 Å². The predicted octanol–water partition coefficient (Wildman–Crippen LogP) is 2.30. The van der Waals surface area contributed by atoms with Gasteiger partial charge in [-0.1, -0.05) is 18.2 Å². The van der Waals surface area contributed by atoms with Gasteiger partial charge in [0.15, 0.2) is 0 Å². The van der Waals surface area contributed by atoms with E-state index in [4.69, 9.17) is 9.84 Å². The Balaban J connectivity index is 2.16. The van der Waals surface area contributed by atoms with E-state index < -0.39 is 11.4 Å². The Labute approximate surface area is 130 Å². The van der Waals surface area contributed by atoms with Crippen LogP contribution in [0.3, 0.4) is 0 Å². The Kier molecular flexibility index (Phi) is 4.74. The fourth-order valence-electron chi connectivity index (χ4n) is 3.00. The van der Waals surface area contributed by atoms with Gasteiger partial charge in [0.2, 0.25) is 5.91 Å². The summed E-state index contributed by atoms with van der Waals surface area (Å²) < 4.78 is 5.37. The standard InChI is InChI=1S/C17H23NO4/c1-17(2,13-6-4-5-7-14(13)22-3)16(21)18-10-8-12(9-11-18)15(19)20/h4-7,12H,8-11H2,1-3H3,(H,19,20). The maximum Gasteiger partial charge on any atom is 0.306 e. The highest BCUT2D eigenvalue weighted by Crippen LogP contribution is 2.34. The Bertz CT molecular complexity index is 560. The van der Waals surface area contributed by atoms with Gasteiger partial charge in [-0.25, -0.2) is 0 Å². The number of nitrogens with zero attached hydrogens (tertiary/aromatic N) is 1. The second kappa shape index (κ2) is 6.38. The molecule has 0 aromatic heterocycles. The second-order valence-electron chi connectivity index (χ2n) is 6.23. The van der Waals surface area contributed by atoms with E-state index in [1.54, 1.807) is 12.0 Å². The van der Waals surface area contributed by atoms with Gasteiger partial charge in [0.25, 0.3) is 0 Å². The Morgan fingerprint density at radius 2 is 1.82 bits per heavy atom. The molecule has 120 valence electrons. The van der Waals surface area contributed by atoms with Crippen LogP contribution in [-0.4, -0.2) is 42.1 Å². The first-order valence-electron chi connectivity index (χ1n) is 7.53. The number of hydrogen-bond acceptors (Lipinski definition) is 3. The minimum atomic E-state index is -0.768. The third-order valence-electron chi connectivity index (χ3n) is 4.45. The lowest BCUT2D eigenvalue weighted by molar-refractivity contribution is -0.147. The van der Waals surface area contributed by atoms with E-state index in [9.17, 15) is 9.59 Å². The summed E-state index contributed by atoms with van der Waals surface area (Å²) in [5.74, 6) is -0.392. The molecule has 0 bridgehead atoms. The third kappa shape index (κ3) is 3.08. The van der Waals surface area contributed by atoms with Gasteiger partial charge in [-0.05, 0) is 32.8 Å². The van der Waals surface area contributed by atoms with Crippen molar-refractivity contribution in [2.24, 2.45) is 5.92 Å².